The van der Waals surface area contributed by atoms with Crippen LogP contribution in [0.4, 0.5) is 10.5 Å². The minimum absolute atomic E-state index is 0. The van der Waals surface area contributed by atoms with E-state index in [1.807, 2.05) is 52.0 Å². The summed E-state index contributed by atoms with van der Waals surface area (Å²) in [4.78, 5) is 16.0. The van der Waals surface area contributed by atoms with Gasteiger partial charge in [-0.05, 0) is 58.2 Å². The van der Waals surface area contributed by atoms with Gasteiger partial charge in [-0.3, -0.25) is 10.3 Å². The first-order valence-corrected chi connectivity index (χ1v) is 9.45. The van der Waals surface area contributed by atoms with Gasteiger partial charge in [-0.25, -0.2) is 4.79 Å². The maximum absolute atomic E-state index is 11.8. The quantitative estimate of drug-likeness (QED) is 0.206. The van der Waals surface area contributed by atoms with E-state index in [-0.39, 0.29) is 24.0 Å². The second-order valence-electron chi connectivity index (χ2n) is 7.05. The Morgan fingerprint density at radius 2 is 1.75 bits per heavy atom. The first-order chi connectivity index (χ1) is 12.8. The van der Waals surface area contributed by atoms with E-state index in [0.717, 1.165) is 45.1 Å². The van der Waals surface area contributed by atoms with Crippen molar-refractivity contribution >= 4 is 41.7 Å². The van der Waals surface area contributed by atoms with E-state index < -0.39 is 11.7 Å². The van der Waals surface area contributed by atoms with Gasteiger partial charge in [0.2, 0.25) is 0 Å². The molecule has 1 aromatic rings. The summed E-state index contributed by atoms with van der Waals surface area (Å²) < 4.78 is 10.6. The average Bonchev–Trinajstić information content (AvgIpc) is 2.59. The molecular formula is C20H35IN4O3. The molecule has 0 aromatic heterocycles. The highest BCUT2D eigenvalue weighted by molar-refractivity contribution is 14.0. The molecule has 3 N–H and O–H groups in total. The number of hydrogen-bond donors (Lipinski definition) is 3. The molecule has 0 fully saturated rings. The molecule has 1 rings (SSSR count). The van der Waals surface area contributed by atoms with Gasteiger partial charge < -0.3 is 20.1 Å². The summed E-state index contributed by atoms with van der Waals surface area (Å²) in [7, 11) is 1.76. The van der Waals surface area contributed by atoms with Crippen LogP contribution >= 0.6 is 24.0 Å². The maximum Gasteiger partial charge on any atom is 0.412 e. The summed E-state index contributed by atoms with van der Waals surface area (Å²) in [5.74, 6) is 0.787. The molecular weight excluding hydrogens is 471 g/mol. The van der Waals surface area contributed by atoms with Gasteiger partial charge in [-0.15, -0.1) is 24.0 Å². The highest BCUT2D eigenvalue weighted by Crippen LogP contribution is 2.13. The highest BCUT2D eigenvalue weighted by atomic mass is 127. The number of guanidine groups is 1. The Balaban J connectivity index is 0.00000729. The van der Waals surface area contributed by atoms with Gasteiger partial charge >= 0.3 is 6.09 Å². The van der Waals surface area contributed by atoms with E-state index in [1.54, 1.807) is 7.05 Å². The number of anilines is 1. The number of aliphatic imine (C=N–C) groups is 1. The second kappa shape index (κ2) is 14.4. The lowest BCUT2D eigenvalue weighted by Gasteiger charge is -2.19. The molecule has 1 aromatic carbocycles. The lowest BCUT2D eigenvalue weighted by atomic mass is 10.1. The largest absolute Gasteiger partial charge is 0.444 e. The number of ether oxygens (including phenoxy) is 2. The third kappa shape index (κ3) is 12.8. The number of halogens is 1. The minimum Gasteiger partial charge on any atom is -0.444 e. The van der Waals surface area contributed by atoms with Crippen LogP contribution in [-0.4, -0.2) is 51.0 Å². The smallest absolute Gasteiger partial charge is 0.412 e. The van der Waals surface area contributed by atoms with Crippen molar-refractivity contribution in [2.45, 2.75) is 46.1 Å². The fraction of sp³-hybridized carbons (Fsp3) is 0.600. The summed E-state index contributed by atoms with van der Waals surface area (Å²) in [5.41, 5.74) is 1.38. The number of carbonyl (C=O) groups is 1. The topological polar surface area (TPSA) is 84.0 Å². The zero-order valence-corrected chi connectivity index (χ0v) is 20.0. The fourth-order valence-electron chi connectivity index (χ4n) is 2.25. The molecule has 0 atom stereocenters. The van der Waals surface area contributed by atoms with Crippen molar-refractivity contribution in [2.24, 2.45) is 4.99 Å². The molecule has 0 aliphatic rings. The van der Waals surface area contributed by atoms with Crippen molar-refractivity contribution in [3.63, 3.8) is 0 Å². The van der Waals surface area contributed by atoms with Crippen LogP contribution in [0.5, 0.6) is 0 Å². The SMILES string of the molecule is CCOCCCNC(=NC)NCCc1ccc(NC(=O)OC(C)(C)C)cc1.I. The Hall–Kier alpha value is -1.55. The minimum atomic E-state index is -0.509. The average molecular weight is 506 g/mol. The lowest BCUT2D eigenvalue weighted by molar-refractivity contribution is 0.0636. The van der Waals surface area contributed by atoms with Crippen LogP contribution in [0.15, 0.2) is 29.3 Å². The fourth-order valence-corrected chi connectivity index (χ4v) is 2.25. The van der Waals surface area contributed by atoms with Gasteiger partial charge in [0.05, 0.1) is 0 Å². The molecule has 0 saturated carbocycles. The third-order valence-electron chi connectivity index (χ3n) is 3.49. The Morgan fingerprint density at radius 3 is 2.32 bits per heavy atom. The van der Waals surface area contributed by atoms with Crippen LogP contribution < -0.4 is 16.0 Å². The Bertz CT molecular complexity index is 586. The van der Waals surface area contributed by atoms with Gasteiger partial charge in [0.15, 0.2) is 5.96 Å². The summed E-state index contributed by atoms with van der Waals surface area (Å²) in [6, 6.07) is 7.74. The summed E-state index contributed by atoms with van der Waals surface area (Å²) in [6.07, 6.45) is 1.35. The third-order valence-corrected chi connectivity index (χ3v) is 3.49. The Labute approximate surface area is 186 Å². The van der Waals surface area contributed by atoms with Crippen LogP contribution in [-0.2, 0) is 15.9 Å². The standard InChI is InChI=1S/C20H34N4O3.HI/c1-6-26-15-7-13-22-18(21-5)23-14-12-16-8-10-17(11-9-16)24-19(25)27-20(2,3)4;/h8-11H,6-7,12-15H2,1-5H3,(H,24,25)(H2,21,22,23);1H. The summed E-state index contributed by atoms with van der Waals surface area (Å²) >= 11 is 0. The number of carbonyl (C=O) groups excluding carboxylic acids is 1. The molecule has 0 radical (unpaired) electrons. The molecule has 0 bridgehead atoms. The number of nitrogens with one attached hydrogen (secondary N) is 3. The van der Waals surface area contributed by atoms with E-state index in [2.05, 4.69) is 20.9 Å². The molecule has 7 nitrogen and oxygen atoms in total. The summed E-state index contributed by atoms with van der Waals surface area (Å²) in [5, 5.41) is 9.28. The van der Waals surface area contributed by atoms with E-state index in [1.165, 1.54) is 5.56 Å². The molecule has 28 heavy (non-hydrogen) atoms. The molecule has 0 aliphatic carbocycles. The number of amides is 1. The van der Waals surface area contributed by atoms with Crippen molar-refractivity contribution in [1.82, 2.24) is 10.6 Å². The van der Waals surface area contributed by atoms with Crippen molar-refractivity contribution in [3.8, 4) is 0 Å². The van der Waals surface area contributed by atoms with Crippen molar-refractivity contribution in [1.29, 1.82) is 0 Å². The first-order valence-electron chi connectivity index (χ1n) is 9.45. The van der Waals surface area contributed by atoms with Gasteiger partial charge in [0.25, 0.3) is 0 Å². The first kappa shape index (κ1) is 26.4. The summed E-state index contributed by atoms with van der Waals surface area (Å²) in [6.45, 7) is 10.6. The van der Waals surface area contributed by atoms with Gasteiger partial charge in [-0.1, -0.05) is 12.1 Å². The Morgan fingerprint density at radius 1 is 1.11 bits per heavy atom. The van der Waals surface area contributed by atoms with E-state index in [4.69, 9.17) is 9.47 Å². The number of rotatable bonds is 9. The van der Waals surface area contributed by atoms with Crippen molar-refractivity contribution in [2.75, 3.05) is 38.7 Å². The maximum atomic E-state index is 11.8. The number of hydrogen-bond acceptors (Lipinski definition) is 4. The predicted molar refractivity (Wildman–Crippen MR) is 126 cm³/mol. The van der Waals surface area contributed by atoms with Crippen molar-refractivity contribution < 1.29 is 14.3 Å². The molecule has 8 heteroatoms. The van der Waals surface area contributed by atoms with Crippen LogP contribution in [0.3, 0.4) is 0 Å². The van der Waals surface area contributed by atoms with E-state index >= 15 is 0 Å². The van der Waals surface area contributed by atoms with Crippen LogP contribution in [0, 0.1) is 0 Å². The Kier molecular flexibility index (Phi) is 13.6. The zero-order valence-electron chi connectivity index (χ0n) is 17.6. The number of nitrogens with zero attached hydrogens (tertiary/aromatic N) is 1. The van der Waals surface area contributed by atoms with Crippen LogP contribution in [0.1, 0.15) is 39.7 Å². The normalized spacial score (nSPS) is 11.4. The lowest BCUT2D eigenvalue weighted by Crippen LogP contribution is -2.39. The van der Waals surface area contributed by atoms with E-state index in [0.29, 0.717) is 5.69 Å². The van der Waals surface area contributed by atoms with Gasteiger partial charge in [0.1, 0.15) is 5.60 Å². The van der Waals surface area contributed by atoms with Crippen LogP contribution in [0.25, 0.3) is 0 Å². The molecule has 0 aliphatic heterocycles. The van der Waals surface area contributed by atoms with Gasteiger partial charge in [-0.2, -0.15) is 0 Å². The molecule has 0 heterocycles. The molecule has 0 spiro atoms. The molecule has 160 valence electrons. The van der Waals surface area contributed by atoms with Gasteiger partial charge in [0, 0.05) is 39.0 Å². The number of benzene rings is 1. The predicted octanol–water partition coefficient (Wildman–Crippen LogP) is 3.79. The molecule has 1 amide bonds. The second-order valence-corrected chi connectivity index (χ2v) is 7.05. The molecule has 0 unspecified atom stereocenters. The molecule has 0 saturated heterocycles. The highest BCUT2D eigenvalue weighted by Gasteiger charge is 2.16. The van der Waals surface area contributed by atoms with Crippen molar-refractivity contribution in [3.05, 3.63) is 29.8 Å². The van der Waals surface area contributed by atoms with Crippen LogP contribution in [0.2, 0.25) is 0 Å². The monoisotopic (exact) mass is 506 g/mol. The van der Waals surface area contributed by atoms with E-state index in [9.17, 15) is 4.79 Å². The zero-order chi connectivity index (χ0) is 20.1.